The number of ether oxygens (including phenoxy) is 1. The van der Waals surface area contributed by atoms with Gasteiger partial charge >= 0.3 is 5.97 Å². The third kappa shape index (κ3) is 3.81. The van der Waals surface area contributed by atoms with Crippen LogP contribution in [0.1, 0.15) is 42.1 Å². The highest BCUT2D eigenvalue weighted by molar-refractivity contribution is 6.22. The number of anilines is 2. The second kappa shape index (κ2) is 8.46. The van der Waals surface area contributed by atoms with Crippen LogP contribution in [-0.2, 0) is 25.5 Å². The molecule has 2 aromatic rings. The van der Waals surface area contributed by atoms with Crippen LogP contribution in [0.4, 0.5) is 11.4 Å². The summed E-state index contributed by atoms with van der Waals surface area (Å²) in [6, 6.07) is 13.7. The molecule has 7 heteroatoms. The van der Waals surface area contributed by atoms with E-state index in [-0.39, 0.29) is 29.2 Å². The van der Waals surface area contributed by atoms with Gasteiger partial charge in [0.25, 0.3) is 5.91 Å². The maximum Gasteiger partial charge on any atom is 0.338 e. The van der Waals surface area contributed by atoms with E-state index in [1.165, 1.54) is 17.0 Å². The largest absolute Gasteiger partial charge is 0.452 e. The molecular formula is C26H26N2O5. The SMILES string of the molecule is CCc1ccc(NC(=O)COC(=O)c2ccc(N3C(=O)[C@@H]4[C@H]5CC[C@@H](C5)[C@H]4C3=O)cc2)cc1. The minimum Gasteiger partial charge on any atom is -0.452 e. The Morgan fingerprint density at radius 3 is 2.12 bits per heavy atom. The molecule has 0 aromatic heterocycles. The van der Waals surface area contributed by atoms with Crippen LogP contribution >= 0.6 is 0 Å². The standard InChI is InChI=1S/C26H26N2O5/c1-2-15-3-9-19(10-4-15)27-21(29)14-33-26(32)16-7-11-20(12-8-16)28-24(30)22-17-5-6-18(13-17)23(22)25(28)31/h3-4,7-12,17-18,22-23H,2,5-6,13-14H2,1H3,(H,27,29)/t17-,18-,22+,23+/m0/s1. The summed E-state index contributed by atoms with van der Waals surface area (Å²) in [5.41, 5.74) is 2.52. The van der Waals surface area contributed by atoms with Crippen molar-refractivity contribution in [3.63, 3.8) is 0 Å². The van der Waals surface area contributed by atoms with Crippen LogP contribution < -0.4 is 10.2 Å². The van der Waals surface area contributed by atoms with Gasteiger partial charge in [-0.2, -0.15) is 0 Å². The van der Waals surface area contributed by atoms with E-state index in [0.29, 0.717) is 23.2 Å². The number of amides is 3. The molecule has 2 aromatic carbocycles. The first-order valence-corrected chi connectivity index (χ1v) is 11.5. The lowest BCUT2D eigenvalue weighted by molar-refractivity contribution is -0.123. The summed E-state index contributed by atoms with van der Waals surface area (Å²) in [7, 11) is 0. The number of fused-ring (bicyclic) bond motifs is 5. The van der Waals surface area contributed by atoms with Gasteiger partial charge in [0.2, 0.25) is 11.8 Å². The second-order valence-electron chi connectivity index (χ2n) is 9.12. The molecule has 2 aliphatic carbocycles. The molecule has 1 saturated heterocycles. The Bertz CT molecular complexity index is 1080. The van der Waals surface area contributed by atoms with Gasteiger partial charge in [-0.3, -0.25) is 19.3 Å². The number of imide groups is 1. The molecule has 5 rings (SSSR count). The number of benzene rings is 2. The number of nitrogens with zero attached hydrogens (tertiary/aromatic N) is 1. The van der Waals surface area contributed by atoms with E-state index >= 15 is 0 Å². The molecule has 3 amide bonds. The van der Waals surface area contributed by atoms with E-state index < -0.39 is 18.5 Å². The summed E-state index contributed by atoms with van der Waals surface area (Å²) in [5, 5.41) is 2.69. The van der Waals surface area contributed by atoms with Gasteiger partial charge in [-0.1, -0.05) is 19.1 Å². The van der Waals surface area contributed by atoms with Crippen LogP contribution in [0.3, 0.4) is 0 Å². The van der Waals surface area contributed by atoms with Gasteiger partial charge < -0.3 is 10.1 Å². The highest BCUT2D eigenvalue weighted by atomic mass is 16.5. The maximum absolute atomic E-state index is 12.9. The van der Waals surface area contributed by atoms with Gasteiger partial charge in [-0.05, 0) is 79.5 Å². The van der Waals surface area contributed by atoms with Gasteiger partial charge in [0.05, 0.1) is 23.1 Å². The van der Waals surface area contributed by atoms with Crippen molar-refractivity contribution in [1.29, 1.82) is 0 Å². The Morgan fingerprint density at radius 1 is 0.939 bits per heavy atom. The van der Waals surface area contributed by atoms with Crippen molar-refractivity contribution in [2.45, 2.75) is 32.6 Å². The Balaban J connectivity index is 1.18. The molecule has 170 valence electrons. The normalized spacial score (nSPS) is 25.3. The summed E-state index contributed by atoms with van der Waals surface area (Å²) in [4.78, 5) is 51.6. The van der Waals surface area contributed by atoms with E-state index in [9.17, 15) is 19.2 Å². The van der Waals surface area contributed by atoms with Crippen molar-refractivity contribution in [1.82, 2.24) is 0 Å². The zero-order valence-corrected chi connectivity index (χ0v) is 18.5. The van der Waals surface area contributed by atoms with Crippen molar-refractivity contribution in [3.8, 4) is 0 Å². The number of hydrogen-bond acceptors (Lipinski definition) is 5. The first-order valence-electron chi connectivity index (χ1n) is 11.5. The molecule has 2 saturated carbocycles. The average molecular weight is 447 g/mol. The molecule has 1 heterocycles. The van der Waals surface area contributed by atoms with E-state index in [4.69, 9.17) is 4.74 Å². The number of hydrogen-bond donors (Lipinski definition) is 1. The van der Waals surface area contributed by atoms with Gasteiger partial charge in [-0.25, -0.2) is 4.79 Å². The molecule has 33 heavy (non-hydrogen) atoms. The summed E-state index contributed by atoms with van der Waals surface area (Å²) in [6.07, 6.45) is 3.96. The van der Waals surface area contributed by atoms with E-state index in [2.05, 4.69) is 12.2 Å². The summed E-state index contributed by atoms with van der Waals surface area (Å²) >= 11 is 0. The first kappa shape index (κ1) is 21.4. The molecule has 3 aliphatic rings. The minimum atomic E-state index is -0.646. The predicted molar refractivity (Wildman–Crippen MR) is 121 cm³/mol. The van der Waals surface area contributed by atoms with Gasteiger partial charge in [0.15, 0.2) is 6.61 Å². The molecule has 1 aliphatic heterocycles. The lowest BCUT2D eigenvalue weighted by atomic mass is 9.81. The number of esters is 1. The molecule has 2 bridgehead atoms. The third-order valence-corrected chi connectivity index (χ3v) is 7.27. The number of nitrogens with one attached hydrogen (secondary N) is 1. The molecule has 3 fully saturated rings. The highest BCUT2D eigenvalue weighted by Gasteiger charge is 2.61. The van der Waals surface area contributed by atoms with Gasteiger partial charge in [0, 0.05) is 5.69 Å². The molecule has 0 radical (unpaired) electrons. The topological polar surface area (TPSA) is 92.8 Å². The summed E-state index contributed by atoms with van der Waals surface area (Å²) in [5.74, 6) is -1.02. The van der Waals surface area contributed by atoms with Crippen molar-refractivity contribution < 1.29 is 23.9 Å². The van der Waals surface area contributed by atoms with E-state index in [1.807, 2.05) is 12.1 Å². The predicted octanol–water partition coefficient (Wildman–Crippen LogP) is 3.58. The fraction of sp³-hybridized carbons (Fsp3) is 0.385. The fourth-order valence-electron chi connectivity index (χ4n) is 5.65. The summed E-state index contributed by atoms with van der Waals surface area (Å²) in [6.45, 7) is 1.64. The Hall–Kier alpha value is -3.48. The van der Waals surface area contributed by atoms with Gasteiger partial charge in [0.1, 0.15) is 0 Å². The Morgan fingerprint density at radius 2 is 1.55 bits per heavy atom. The fourth-order valence-corrected chi connectivity index (χ4v) is 5.65. The van der Waals surface area contributed by atoms with Crippen molar-refractivity contribution in [2.24, 2.45) is 23.7 Å². The minimum absolute atomic E-state index is 0.115. The van der Waals surface area contributed by atoms with Crippen LogP contribution in [0.25, 0.3) is 0 Å². The smallest absolute Gasteiger partial charge is 0.338 e. The number of rotatable bonds is 6. The highest BCUT2D eigenvalue weighted by Crippen LogP contribution is 2.56. The van der Waals surface area contributed by atoms with Crippen molar-refractivity contribution in [2.75, 3.05) is 16.8 Å². The number of aryl methyl sites for hydroxylation is 1. The van der Waals surface area contributed by atoms with Crippen LogP contribution in [0, 0.1) is 23.7 Å². The zero-order valence-electron chi connectivity index (χ0n) is 18.5. The van der Waals surface area contributed by atoms with Crippen molar-refractivity contribution >= 4 is 35.1 Å². The molecular weight excluding hydrogens is 420 g/mol. The van der Waals surface area contributed by atoms with Crippen LogP contribution in [0.2, 0.25) is 0 Å². The van der Waals surface area contributed by atoms with E-state index in [1.54, 1.807) is 24.3 Å². The van der Waals surface area contributed by atoms with Crippen LogP contribution in [0.15, 0.2) is 48.5 Å². The monoisotopic (exact) mass is 446 g/mol. The number of carbonyl (C=O) groups is 4. The third-order valence-electron chi connectivity index (χ3n) is 7.27. The second-order valence-corrected chi connectivity index (χ2v) is 9.12. The molecule has 7 nitrogen and oxygen atoms in total. The quantitative estimate of drug-likeness (QED) is 0.541. The lowest BCUT2D eigenvalue weighted by Gasteiger charge is -2.19. The molecule has 0 unspecified atom stereocenters. The maximum atomic E-state index is 12.9. The Kier molecular flexibility index (Phi) is 5.48. The average Bonchev–Trinajstić information content (AvgIpc) is 3.52. The zero-order chi connectivity index (χ0) is 23.1. The van der Waals surface area contributed by atoms with Crippen LogP contribution in [-0.4, -0.2) is 30.3 Å². The molecule has 4 atom stereocenters. The Labute approximate surface area is 192 Å². The summed E-state index contributed by atoms with van der Waals surface area (Å²) < 4.78 is 5.11. The number of carbonyl (C=O) groups excluding carboxylic acids is 4. The van der Waals surface area contributed by atoms with Crippen LogP contribution in [0.5, 0.6) is 0 Å². The lowest BCUT2D eigenvalue weighted by Crippen LogP contribution is -2.32. The van der Waals surface area contributed by atoms with Gasteiger partial charge in [-0.15, -0.1) is 0 Å². The van der Waals surface area contributed by atoms with E-state index in [0.717, 1.165) is 31.2 Å². The van der Waals surface area contributed by atoms with Crippen molar-refractivity contribution in [3.05, 3.63) is 59.7 Å². The molecule has 0 spiro atoms. The first-order chi connectivity index (χ1) is 16.0. The molecule has 1 N–H and O–H groups in total.